The first-order valence-electron chi connectivity index (χ1n) is 9.77. The molecule has 28 heavy (non-hydrogen) atoms. The van der Waals surface area contributed by atoms with E-state index < -0.39 is 11.4 Å². The van der Waals surface area contributed by atoms with Crippen LogP contribution in [0.15, 0.2) is 28.7 Å². The van der Waals surface area contributed by atoms with Crippen molar-refractivity contribution >= 4 is 29.0 Å². The van der Waals surface area contributed by atoms with Gasteiger partial charge in [-0.3, -0.25) is 9.59 Å². The Labute approximate surface area is 162 Å². The lowest BCUT2D eigenvalue weighted by Crippen LogP contribution is -2.49. The van der Waals surface area contributed by atoms with Gasteiger partial charge >= 0.3 is 5.97 Å². The average molecular weight is 387 g/mol. The third-order valence-corrected chi connectivity index (χ3v) is 5.92. The maximum absolute atomic E-state index is 12.6. The molecule has 2 aliphatic heterocycles. The van der Waals surface area contributed by atoms with Gasteiger partial charge in [-0.05, 0) is 37.8 Å². The quantitative estimate of drug-likeness (QED) is 0.809. The number of fused-ring (bicyclic) bond motifs is 1. The Kier molecular flexibility index (Phi) is 5.21. The number of nitrogens with zero attached hydrogens (tertiary/aromatic N) is 2. The highest BCUT2D eigenvalue weighted by molar-refractivity contribution is 5.81. The Morgan fingerprint density at radius 1 is 1.21 bits per heavy atom. The fourth-order valence-corrected chi connectivity index (χ4v) is 3.96. The van der Waals surface area contributed by atoms with Crippen LogP contribution in [-0.2, 0) is 14.3 Å². The molecule has 2 aromatic rings. The van der Waals surface area contributed by atoms with Gasteiger partial charge in [-0.15, -0.1) is 0 Å². The van der Waals surface area contributed by atoms with Crippen molar-refractivity contribution in [1.29, 1.82) is 0 Å². The molecule has 0 saturated carbocycles. The first-order valence-corrected chi connectivity index (χ1v) is 9.77. The fraction of sp³-hybridized carbons (Fsp3) is 0.550. The number of carboxylic acids is 1. The lowest BCUT2D eigenvalue weighted by atomic mass is 9.80. The van der Waals surface area contributed by atoms with Gasteiger partial charge in [0.1, 0.15) is 5.52 Å². The highest BCUT2D eigenvalue weighted by atomic mass is 16.5. The van der Waals surface area contributed by atoms with Gasteiger partial charge in [0.05, 0.1) is 5.41 Å². The maximum Gasteiger partial charge on any atom is 0.311 e. The number of carboxylic acid groups (broad SMARTS) is 1. The van der Waals surface area contributed by atoms with E-state index in [9.17, 15) is 14.7 Å². The van der Waals surface area contributed by atoms with Gasteiger partial charge in [-0.25, -0.2) is 0 Å². The molecule has 150 valence electrons. The summed E-state index contributed by atoms with van der Waals surface area (Å²) in [7, 11) is 0. The summed E-state index contributed by atoms with van der Waals surface area (Å²) < 4.78 is 11.1. The zero-order chi connectivity index (χ0) is 19.6. The second-order valence-corrected chi connectivity index (χ2v) is 7.64. The molecule has 0 atom stereocenters. The first kappa shape index (κ1) is 18.7. The van der Waals surface area contributed by atoms with Crippen molar-refractivity contribution in [2.45, 2.75) is 25.7 Å². The smallest absolute Gasteiger partial charge is 0.311 e. The number of hydrogen-bond donors (Lipinski definition) is 2. The van der Waals surface area contributed by atoms with Crippen LogP contribution < -0.4 is 10.2 Å². The van der Waals surface area contributed by atoms with Crippen molar-refractivity contribution in [3.63, 3.8) is 0 Å². The van der Waals surface area contributed by atoms with Crippen LogP contribution in [0.25, 0.3) is 11.1 Å². The second kappa shape index (κ2) is 7.79. The molecule has 1 aromatic carbocycles. The lowest BCUT2D eigenvalue weighted by Gasteiger charge is -2.34. The molecule has 8 nitrogen and oxygen atoms in total. The molecule has 0 spiro atoms. The van der Waals surface area contributed by atoms with Crippen LogP contribution in [0, 0.1) is 11.3 Å². The molecule has 3 heterocycles. The molecule has 0 radical (unpaired) electrons. The minimum atomic E-state index is -0.910. The van der Waals surface area contributed by atoms with E-state index in [1.807, 2.05) is 24.3 Å². The SMILES string of the molecule is O=C(NCC1(C(=O)O)CCOCC1)C1CCN(c2nc3ccccc3o2)CC1. The number of aliphatic carboxylic acids is 1. The Morgan fingerprint density at radius 3 is 2.61 bits per heavy atom. The van der Waals surface area contributed by atoms with Crippen LogP contribution in [0.2, 0.25) is 0 Å². The number of carbonyl (C=O) groups is 2. The van der Waals surface area contributed by atoms with E-state index in [0.29, 0.717) is 58.0 Å². The highest BCUT2D eigenvalue weighted by Gasteiger charge is 2.41. The second-order valence-electron chi connectivity index (χ2n) is 7.64. The lowest BCUT2D eigenvalue weighted by molar-refractivity contribution is -0.154. The number of ether oxygens (including phenoxy) is 1. The summed E-state index contributed by atoms with van der Waals surface area (Å²) in [5, 5.41) is 12.5. The predicted molar refractivity (Wildman–Crippen MR) is 102 cm³/mol. The van der Waals surface area contributed by atoms with E-state index >= 15 is 0 Å². The molecule has 0 aliphatic carbocycles. The molecule has 2 fully saturated rings. The van der Waals surface area contributed by atoms with Gasteiger partial charge in [0.15, 0.2) is 5.58 Å². The molecule has 2 saturated heterocycles. The third-order valence-electron chi connectivity index (χ3n) is 5.92. The molecule has 1 aromatic heterocycles. The molecule has 2 N–H and O–H groups in total. The number of piperidine rings is 1. The van der Waals surface area contributed by atoms with Gasteiger partial charge in [0.2, 0.25) is 5.91 Å². The van der Waals surface area contributed by atoms with Crippen molar-refractivity contribution < 1.29 is 23.8 Å². The van der Waals surface area contributed by atoms with Crippen LogP contribution in [-0.4, -0.2) is 54.8 Å². The van der Waals surface area contributed by atoms with E-state index in [4.69, 9.17) is 9.15 Å². The number of para-hydroxylation sites is 2. The predicted octanol–water partition coefficient (Wildman–Crippen LogP) is 2.04. The average Bonchev–Trinajstić information content (AvgIpc) is 3.17. The molecule has 4 rings (SSSR count). The fourth-order valence-electron chi connectivity index (χ4n) is 3.96. The summed E-state index contributed by atoms with van der Waals surface area (Å²) in [4.78, 5) is 30.9. The van der Waals surface area contributed by atoms with E-state index in [1.165, 1.54) is 0 Å². The van der Waals surface area contributed by atoms with Gasteiger partial charge < -0.3 is 24.5 Å². The van der Waals surface area contributed by atoms with Gasteiger partial charge in [-0.1, -0.05) is 12.1 Å². The van der Waals surface area contributed by atoms with Crippen molar-refractivity contribution in [3.05, 3.63) is 24.3 Å². The van der Waals surface area contributed by atoms with E-state index in [1.54, 1.807) is 0 Å². The summed E-state index contributed by atoms with van der Waals surface area (Å²) in [6, 6.07) is 8.23. The minimum absolute atomic E-state index is 0.0654. The van der Waals surface area contributed by atoms with Gasteiger partial charge in [-0.2, -0.15) is 4.98 Å². The maximum atomic E-state index is 12.6. The number of amides is 1. The number of aromatic nitrogens is 1. The number of hydrogen-bond acceptors (Lipinski definition) is 6. The highest BCUT2D eigenvalue weighted by Crippen LogP contribution is 2.31. The summed E-state index contributed by atoms with van der Waals surface area (Å²) in [6.45, 7) is 2.37. The zero-order valence-corrected chi connectivity index (χ0v) is 15.7. The molecule has 8 heteroatoms. The first-order chi connectivity index (χ1) is 13.6. The molecular weight excluding hydrogens is 362 g/mol. The molecule has 2 aliphatic rings. The van der Waals surface area contributed by atoms with E-state index in [2.05, 4.69) is 15.2 Å². The van der Waals surface area contributed by atoms with E-state index in [-0.39, 0.29) is 18.4 Å². The van der Waals surface area contributed by atoms with Crippen LogP contribution >= 0.6 is 0 Å². The number of rotatable bonds is 5. The Balaban J connectivity index is 1.31. The topological polar surface area (TPSA) is 105 Å². The standard InChI is InChI=1S/C20H25N3O5/c24-17(21-13-20(18(25)26)7-11-27-12-8-20)14-5-9-23(10-6-14)19-22-15-3-1-2-4-16(15)28-19/h1-4,14H,5-13H2,(H,21,24)(H,25,26). The van der Waals surface area contributed by atoms with Crippen LogP contribution in [0.1, 0.15) is 25.7 Å². The number of oxazole rings is 1. The van der Waals surface area contributed by atoms with Crippen molar-refractivity contribution in [3.8, 4) is 0 Å². The van der Waals surface area contributed by atoms with Gasteiger partial charge in [0.25, 0.3) is 6.01 Å². The molecule has 0 unspecified atom stereocenters. The van der Waals surface area contributed by atoms with E-state index in [0.717, 1.165) is 11.1 Å². The number of benzene rings is 1. The summed E-state index contributed by atoms with van der Waals surface area (Å²) in [5.41, 5.74) is 0.674. The minimum Gasteiger partial charge on any atom is -0.481 e. The van der Waals surface area contributed by atoms with Crippen molar-refractivity contribution in [1.82, 2.24) is 10.3 Å². The monoisotopic (exact) mass is 387 g/mol. The van der Waals surface area contributed by atoms with Crippen molar-refractivity contribution in [2.24, 2.45) is 11.3 Å². The molecule has 0 bridgehead atoms. The number of anilines is 1. The third kappa shape index (κ3) is 3.69. The van der Waals surface area contributed by atoms with Gasteiger partial charge in [0, 0.05) is 38.8 Å². The zero-order valence-electron chi connectivity index (χ0n) is 15.7. The normalized spacial score (nSPS) is 20.2. The molecule has 1 amide bonds. The van der Waals surface area contributed by atoms with Crippen LogP contribution in [0.4, 0.5) is 6.01 Å². The summed E-state index contributed by atoms with van der Waals surface area (Å²) >= 11 is 0. The van der Waals surface area contributed by atoms with Crippen LogP contribution in [0.5, 0.6) is 0 Å². The molecular formula is C20H25N3O5. The summed E-state index contributed by atoms with van der Waals surface area (Å²) in [6.07, 6.45) is 2.24. The Morgan fingerprint density at radius 2 is 1.93 bits per heavy atom. The largest absolute Gasteiger partial charge is 0.481 e. The number of carbonyl (C=O) groups excluding carboxylic acids is 1. The Bertz CT molecular complexity index is 817. The number of nitrogens with one attached hydrogen (secondary N) is 1. The van der Waals surface area contributed by atoms with Crippen LogP contribution in [0.3, 0.4) is 0 Å². The summed E-state index contributed by atoms with van der Waals surface area (Å²) in [5.74, 6) is -1.04. The van der Waals surface area contributed by atoms with Crippen molar-refractivity contribution in [2.75, 3.05) is 37.7 Å². The Hall–Kier alpha value is -2.61.